The molecule has 1 unspecified atom stereocenters. The first-order valence-corrected chi connectivity index (χ1v) is 8.11. The quantitative estimate of drug-likeness (QED) is 0.787. The lowest BCUT2D eigenvalue weighted by Crippen LogP contribution is -2.53. The van der Waals surface area contributed by atoms with Crippen LogP contribution in [0.2, 0.25) is 0 Å². The molecule has 0 radical (unpaired) electrons. The van der Waals surface area contributed by atoms with Crippen molar-refractivity contribution in [1.82, 2.24) is 0 Å². The molecule has 0 fully saturated rings. The van der Waals surface area contributed by atoms with Crippen LogP contribution in [0.5, 0.6) is 0 Å². The molecule has 0 aliphatic carbocycles. The zero-order valence-electron chi connectivity index (χ0n) is 12.7. The summed E-state index contributed by atoms with van der Waals surface area (Å²) in [4.78, 5) is 23.4. The molecule has 0 bridgehead atoms. The second-order valence-corrected chi connectivity index (χ2v) is 6.63. The van der Waals surface area contributed by atoms with Crippen molar-refractivity contribution in [2.75, 3.05) is 0 Å². The first kappa shape index (κ1) is 17.1. The lowest BCUT2D eigenvalue weighted by molar-refractivity contribution is -0.308. The van der Waals surface area contributed by atoms with E-state index in [9.17, 15) is 19.8 Å². The zero-order chi connectivity index (χ0) is 16.9. The first-order chi connectivity index (χ1) is 10.9. The topological polar surface area (TPSA) is 77.4 Å². The van der Waals surface area contributed by atoms with Crippen LogP contribution in [-0.4, -0.2) is 21.8 Å². The fraction of sp³-hybridized carbons (Fsp3) is 0.222. The van der Waals surface area contributed by atoms with E-state index in [2.05, 4.69) is 0 Å². The molecule has 4 nitrogen and oxygen atoms in total. The van der Waals surface area contributed by atoms with E-state index in [4.69, 9.17) is 0 Å². The molecule has 0 aliphatic heterocycles. The van der Waals surface area contributed by atoms with E-state index in [0.29, 0.717) is 5.56 Å². The van der Waals surface area contributed by atoms with E-state index < -0.39 is 16.7 Å². The summed E-state index contributed by atoms with van der Waals surface area (Å²) in [5.41, 5.74) is 2.55. The van der Waals surface area contributed by atoms with Crippen molar-refractivity contribution in [3.8, 4) is 0 Å². The average Bonchev–Trinajstić information content (AvgIpc) is 2.53. The minimum atomic E-state index is -2.01. The number of carbonyl (C=O) groups is 2. The molecule has 2 rings (SSSR count). The fourth-order valence-corrected chi connectivity index (χ4v) is 3.30. The second-order valence-electron chi connectivity index (χ2n) is 5.36. The molecule has 2 aromatic carbocycles. The van der Waals surface area contributed by atoms with E-state index >= 15 is 0 Å². The Morgan fingerprint density at radius 3 is 2.17 bits per heavy atom. The maximum absolute atomic E-state index is 11.7. The van der Waals surface area contributed by atoms with Crippen LogP contribution in [0.1, 0.15) is 16.7 Å². The van der Waals surface area contributed by atoms with Crippen molar-refractivity contribution in [1.29, 1.82) is 0 Å². The van der Waals surface area contributed by atoms with Crippen LogP contribution in [0.15, 0.2) is 54.6 Å². The lowest BCUT2D eigenvalue weighted by Gasteiger charge is -2.30. The van der Waals surface area contributed by atoms with Gasteiger partial charge in [0.15, 0.2) is 4.75 Å². The minimum absolute atomic E-state index is 0.123. The SMILES string of the molecule is Cc1ccc(CC(SCc2ccccc2)(C(=O)[O-])C(=O)O)cc1. The Morgan fingerprint density at radius 1 is 1.04 bits per heavy atom. The molecule has 23 heavy (non-hydrogen) atoms. The number of benzene rings is 2. The summed E-state index contributed by atoms with van der Waals surface area (Å²) < 4.78 is -2.01. The van der Waals surface area contributed by atoms with Gasteiger partial charge in [-0.15, -0.1) is 11.8 Å². The Balaban J connectivity index is 2.26. The van der Waals surface area contributed by atoms with Crippen LogP contribution in [0.4, 0.5) is 0 Å². The Bertz CT molecular complexity index is 666. The molecular weight excluding hydrogens is 312 g/mol. The summed E-state index contributed by atoms with van der Waals surface area (Å²) in [6.45, 7) is 1.91. The molecule has 0 aliphatic rings. The van der Waals surface area contributed by atoms with Crippen LogP contribution in [0.3, 0.4) is 0 Å². The number of carboxylic acid groups (broad SMARTS) is 2. The van der Waals surface area contributed by atoms with E-state index in [-0.39, 0.29) is 12.2 Å². The highest BCUT2D eigenvalue weighted by Gasteiger charge is 2.41. The van der Waals surface area contributed by atoms with Gasteiger partial charge in [-0.3, -0.25) is 4.79 Å². The number of hydrogen-bond donors (Lipinski definition) is 1. The summed E-state index contributed by atoms with van der Waals surface area (Å²) in [5, 5.41) is 21.2. The molecule has 2 aromatic rings. The molecule has 0 amide bonds. The maximum atomic E-state index is 11.7. The number of carboxylic acids is 2. The molecule has 0 saturated carbocycles. The van der Waals surface area contributed by atoms with Crippen molar-refractivity contribution in [3.05, 3.63) is 71.3 Å². The van der Waals surface area contributed by atoms with Gasteiger partial charge in [-0.05, 0) is 18.1 Å². The summed E-state index contributed by atoms with van der Waals surface area (Å²) in [6, 6.07) is 16.3. The molecule has 5 heteroatoms. The second kappa shape index (κ2) is 7.33. The lowest BCUT2D eigenvalue weighted by atomic mass is 9.98. The van der Waals surface area contributed by atoms with Gasteiger partial charge in [0.1, 0.15) is 0 Å². The number of carbonyl (C=O) groups excluding carboxylic acids is 1. The Kier molecular flexibility index (Phi) is 5.45. The summed E-state index contributed by atoms with van der Waals surface area (Å²) in [5.74, 6) is -2.68. The summed E-state index contributed by atoms with van der Waals surface area (Å²) >= 11 is 0.876. The van der Waals surface area contributed by atoms with Crippen molar-refractivity contribution in [3.63, 3.8) is 0 Å². The van der Waals surface area contributed by atoms with Gasteiger partial charge in [-0.2, -0.15) is 0 Å². The molecule has 120 valence electrons. The first-order valence-electron chi connectivity index (χ1n) is 7.12. The maximum Gasteiger partial charge on any atom is 0.325 e. The van der Waals surface area contributed by atoms with Gasteiger partial charge in [0.05, 0.1) is 5.97 Å². The normalized spacial score (nSPS) is 13.3. The third kappa shape index (κ3) is 4.13. The van der Waals surface area contributed by atoms with Gasteiger partial charge in [0.25, 0.3) is 0 Å². The minimum Gasteiger partial charge on any atom is -0.548 e. The third-order valence-electron chi connectivity index (χ3n) is 3.58. The van der Waals surface area contributed by atoms with Gasteiger partial charge in [-0.25, -0.2) is 0 Å². The predicted molar refractivity (Wildman–Crippen MR) is 88.0 cm³/mol. The van der Waals surface area contributed by atoms with E-state index in [1.807, 2.05) is 49.4 Å². The monoisotopic (exact) mass is 329 g/mol. The standard InChI is InChI=1S/C18H18O4S/c1-13-7-9-14(10-8-13)11-18(16(19)20,17(21)22)23-12-15-5-3-2-4-6-15/h2-10H,11-12H2,1H3,(H,19,20)(H,21,22)/p-1. The number of aryl methyl sites for hydroxylation is 1. The van der Waals surface area contributed by atoms with Crippen LogP contribution in [-0.2, 0) is 21.8 Å². The highest BCUT2D eigenvalue weighted by molar-refractivity contribution is 8.01. The molecule has 0 aromatic heterocycles. The molecule has 0 spiro atoms. The molecular formula is C18H17O4S-. The van der Waals surface area contributed by atoms with Gasteiger partial charge < -0.3 is 15.0 Å². The molecule has 0 heterocycles. The van der Waals surface area contributed by atoms with Crippen LogP contribution in [0.25, 0.3) is 0 Å². The average molecular weight is 329 g/mol. The third-order valence-corrected chi connectivity index (χ3v) is 5.03. The molecule has 0 saturated heterocycles. The van der Waals surface area contributed by atoms with Crippen molar-refractivity contribution >= 4 is 23.7 Å². The van der Waals surface area contributed by atoms with Gasteiger partial charge in [0, 0.05) is 12.2 Å². The number of hydrogen-bond acceptors (Lipinski definition) is 4. The number of aliphatic carboxylic acids is 2. The smallest absolute Gasteiger partial charge is 0.325 e. The predicted octanol–water partition coefficient (Wildman–Crippen LogP) is 2.04. The largest absolute Gasteiger partial charge is 0.548 e. The van der Waals surface area contributed by atoms with Crippen molar-refractivity contribution < 1.29 is 19.8 Å². The summed E-state index contributed by atoms with van der Waals surface area (Å²) in [6.07, 6.45) is -0.123. The highest BCUT2D eigenvalue weighted by Crippen LogP contribution is 2.33. The number of thioether (sulfide) groups is 1. The van der Waals surface area contributed by atoms with Crippen molar-refractivity contribution in [2.45, 2.75) is 23.8 Å². The van der Waals surface area contributed by atoms with Crippen LogP contribution in [0, 0.1) is 6.92 Å². The van der Waals surface area contributed by atoms with E-state index in [1.165, 1.54) is 0 Å². The Hall–Kier alpha value is -2.27. The zero-order valence-corrected chi connectivity index (χ0v) is 13.5. The van der Waals surface area contributed by atoms with Crippen molar-refractivity contribution in [2.24, 2.45) is 0 Å². The van der Waals surface area contributed by atoms with Gasteiger partial charge >= 0.3 is 5.97 Å². The molecule has 1 N–H and O–H groups in total. The van der Waals surface area contributed by atoms with Gasteiger partial charge in [-0.1, -0.05) is 60.2 Å². The van der Waals surface area contributed by atoms with E-state index in [0.717, 1.165) is 22.9 Å². The number of rotatable bonds is 7. The Labute approximate surface area is 139 Å². The van der Waals surface area contributed by atoms with E-state index in [1.54, 1.807) is 12.1 Å². The van der Waals surface area contributed by atoms with Crippen LogP contribution >= 0.6 is 11.8 Å². The summed E-state index contributed by atoms with van der Waals surface area (Å²) in [7, 11) is 0. The van der Waals surface area contributed by atoms with Gasteiger partial charge in [0.2, 0.25) is 0 Å². The highest BCUT2D eigenvalue weighted by atomic mass is 32.2. The molecule has 1 atom stereocenters. The fourth-order valence-electron chi connectivity index (χ4n) is 2.18. The van der Waals surface area contributed by atoms with Crippen LogP contribution < -0.4 is 5.11 Å². The Morgan fingerprint density at radius 2 is 1.65 bits per heavy atom.